The molecule has 0 aromatic heterocycles. The van der Waals surface area contributed by atoms with Crippen LogP contribution in [0.5, 0.6) is 0 Å². The maximum atomic E-state index is 11.0. The molecule has 1 unspecified atom stereocenters. The van der Waals surface area contributed by atoms with Crippen molar-refractivity contribution < 1.29 is 9.53 Å². The largest absolute Gasteiger partial charge is 0.455 e. The van der Waals surface area contributed by atoms with Crippen LogP contribution in [-0.4, -0.2) is 11.6 Å². The van der Waals surface area contributed by atoms with Crippen molar-refractivity contribution in [2.24, 2.45) is 0 Å². The van der Waals surface area contributed by atoms with Gasteiger partial charge in [0.05, 0.1) is 0 Å². The number of carbonyl (C=O) groups excluding carboxylic acids is 1. The lowest BCUT2D eigenvalue weighted by molar-refractivity contribution is -0.145. The fourth-order valence-electron chi connectivity index (χ4n) is 2.00. The Morgan fingerprint density at radius 1 is 1.33 bits per heavy atom. The highest BCUT2D eigenvalue weighted by atomic mass is 16.6. The Hall–Kier alpha value is -0.790. The fraction of sp³-hybridized carbons (Fsp3) is 0.700. The number of ether oxygens (including phenoxy) is 1. The molecule has 1 atom stereocenters. The Morgan fingerprint density at radius 3 is 3.00 bits per heavy atom. The first kappa shape index (κ1) is 7.84. The Labute approximate surface area is 72.6 Å². The van der Waals surface area contributed by atoms with Crippen molar-refractivity contribution >= 4 is 5.97 Å². The molecule has 2 rings (SSSR count). The minimum atomic E-state index is -0.201. The molecule has 1 aliphatic carbocycles. The Balaban J connectivity index is 2.13. The standard InChI is InChI=1S/C10H14O2/c11-9-5-8-10(12-9)6-3-1-2-4-7-10/h3,6H,1-2,4-5,7-8H2. The second-order valence-electron chi connectivity index (χ2n) is 3.69. The lowest BCUT2D eigenvalue weighted by Gasteiger charge is -2.22. The van der Waals surface area contributed by atoms with Gasteiger partial charge in [0.15, 0.2) is 0 Å². The Morgan fingerprint density at radius 2 is 2.25 bits per heavy atom. The highest BCUT2D eigenvalue weighted by Crippen LogP contribution is 2.35. The quantitative estimate of drug-likeness (QED) is 0.407. The molecular formula is C10H14O2. The Kier molecular flexibility index (Phi) is 1.91. The fourth-order valence-corrected chi connectivity index (χ4v) is 2.00. The van der Waals surface area contributed by atoms with Gasteiger partial charge < -0.3 is 4.74 Å². The van der Waals surface area contributed by atoms with Crippen LogP contribution in [-0.2, 0) is 9.53 Å². The van der Waals surface area contributed by atoms with Crippen molar-refractivity contribution in [2.75, 3.05) is 0 Å². The number of carbonyl (C=O) groups is 1. The molecule has 12 heavy (non-hydrogen) atoms. The molecule has 0 bridgehead atoms. The van der Waals surface area contributed by atoms with E-state index in [0.29, 0.717) is 6.42 Å². The molecule has 0 N–H and O–H groups in total. The molecule has 1 saturated heterocycles. The van der Waals surface area contributed by atoms with E-state index in [1.54, 1.807) is 0 Å². The van der Waals surface area contributed by atoms with Crippen molar-refractivity contribution in [2.45, 2.75) is 44.1 Å². The van der Waals surface area contributed by atoms with Crippen LogP contribution in [0.25, 0.3) is 0 Å². The monoisotopic (exact) mass is 166 g/mol. The summed E-state index contributed by atoms with van der Waals surface area (Å²) in [4.78, 5) is 11.0. The van der Waals surface area contributed by atoms with Crippen LogP contribution in [0, 0.1) is 0 Å². The van der Waals surface area contributed by atoms with Gasteiger partial charge in [-0.25, -0.2) is 0 Å². The SMILES string of the molecule is O=C1CCC2(C=CCCCC2)O1. The number of allylic oxidation sites excluding steroid dienone is 1. The zero-order chi connectivity index (χ0) is 8.44. The van der Waals surface area contributed by atoms with Gasteiger partial charge in [0.25, 0.3) is 0 Å². The second-order valence-corrected chi connectivity index (χ2v) is 3.69. The van der Waals surface area contributed by atoms with Crippen molar-refractivity contribution in [1.82, 2.24) is 0 Å². The Bertz CT molecular complexity index is 220. The molecule has 0 amide bonds. The van der Waals surface area contributed by atoms with E-state index < -0.39 is 0 Å². The molecule has 0 saturated carbocycles. The molecule has 1 heterocycles. The van der Waals surface area contributed by atoms with Crippen LogP contribution in [0.2, 0.25) is 0 Å². The maximum Gasteiger partial charge on any atom is 0.306 e. The topological polar surface area (TPSA) is 26.3 Å². The first-order chi connectivity index (χ1) is 5.81. The highest BCUT2D eigenvalue weighted by Gasteiger charge is 2.37. The van der Waals surface area contributed by atoms with Gasteiger partial charge in [0, 0.05) is 12.8 Å². The van der Waals surface area contributed by atoms with Gasteiger partial charge in [-0.2, -0.15) is 0 Å². The van der Waals surface area contributed by atoms with Crippen molar-refractivity contribution in [1.29, 1.82) is 0 Å². The summed E-state index contributed by atoms with van der Waals surface area (Å²) in [5.41, 5.74) is -0.201. The van der Waals surface area contributed by atoms with E-state index in [-0.39, 0.29) is 11.6 Å². The second kappa shape index (κ2) is 2.92. The van der Waals surface area contributed by atoms with Crippen LogP contribution < -0.4 is 0 Å². The summed E-state index contributed by atoms with van der Waals surface area (Å²) < 4.78 is 5.34. The minimum Gasteiger partial charge on any atom is -0.455 e. The van der Waals surface area contributed by atoms with E-state index in [1.165, 1.54) is 12.8 Å². The van der Waals surface area contributed by atoms with E-state index in [4.69, 9.17) is 4.74 Å². The van der Waals surface area contributed by atoms with Crippen molar-refractivity contribution in [3.8, 4) is 0 Å². The third kappa shape index (κ3) is 1.38. The normalized spacial score (nSPS) is 35.2. The number of hydrogen-bond acceptors (Lipinski definition) is 2. The molecule has 0 aromatic rings. The van der Waals surface area contributed by atoms with Gasteiger partial charge in [-0.3, -0.25) is 4.79 Å². The molecule has 1 fully saturated rings. The predicted molar refractivity (Wildman–Crippen MR) is 45.7 cm³/mol. The molecule has 66 valence electrons. The lowest BCUT2D eigenvalue weighted by atomic mass is 9.95. The van der Waals surface area contributed by atoms with E-state index in [2.05, 4.69) is 12.2 Å². The lowest BCUT2D eigenvalue weighted by Crippen LogP contribution is -2.24. The average molecular weight is 166 g/mol. The van der Waals surface area contributed by atoms with Crippen molar-refractivity contribution in [3.63, 3.8) is 0 Å². The van der Waals surface area contributed by atoms with Crippen LogP contribution in [0.3, 0.4) is 0 Å². The van der Waals surface area contributed by atoms with Gasteiger partial charge in [-0.15, -0.1) is 0 Å². The summed E-state index contributed by atoms with van der Waals surface area (Å²) in [6.45, 7) is 0. The molecule has 2 nitrogen and oxygen atoms in total. The van der Waals surface area contributed by atoms with Crippen LogP contribution >= 0.6 is 0 Å². The summed E-state index contributed by atoms with van der Waals surface area (Å²) in [6, 6.07) is 0. The summed E-state index contributed by atoms with van der Waals surface area (Å²) in [5.74, 6) is -0.0263. The van der Waals surface area contributed by atoms with Crippen LogP contribution in [0.15, 0.2) is 12.2 Å². The van der Waals surface area contributed by atoms with Gasteiger partial charge >= 0.3 is 5.97 Å². The third-order valence-corrected chi connectivity index (χ3v) is 2.71. The minimum absolute atomic E-state index is 0.0263. The highest BCUT2D eigenvalue weighted by molar-refractivity contribution is 5.72. The van der Waals surface area contributed by atoms with E-state index in [0.717, 1.165) is 19.3 Å². The zero-order valence-corrected chi connectivity index (χ0v) is 7.21. The van der Waals surface area contributed by atoms with Crippen molar-refractivity contribution in [3.05, 3.63) is 12.2 Å². The predicted octanol–water partition coefficient (Wildman–Crippen LogP) is 2.19. The van der Waals surface area contributed by atoms with E-state index in [1.807, 2.05) is 0 Å². The van der Waals surface area contributed by atoms with Gasteiger partial charge in [0.2, 0.25) is 0 Å². The maximum absolute atomic E-state index is 11.0. The van der Waals surface area contributed by atoms with Gasteiger partial charge in [0.1, 0.15) is 5.60 Å². The molecule has 0 aromatic carbocycles. The third-order valence-electron chi connectivity index (χ3n) is 2.71. The molecule has 1 spiro atoms. The average Bonchev–Trinajstić information content (AvgIpc) is 2.30. The van der Waals surface area contributed by atoms with Gasteiger partial charge in [-0.05, 0) is 31.8 Å². The number of esters is 1. The molecule has 0 radical (unpaired) electrons. The smallest absolute Gasteiger partial charge is 0.306 e. The molecule has 2 aliphatic rings. The summed E-state index contributed by atoms with van der Waals surface area (Å²) in [5, 5.41) is 0. The van der Waals surface area contributed by atoms with E-state index in [9.17, 15) is 4.79 Å². The summed E-state index contributed by atoms with van der Waals surface area (Å²) in [7, 11) is 0. The summed E-state index contributed by atoms with van der Waals surface area (Å²) >= 11 is 0. The van der Waals surface area contributed by atoms with E-state index >= 15 is 0 Å². The van der Waals surface area contributed by atoms with Crippen LogP contribution in [0.4, 0.5) is 0 Å². The molecular weight excluding hydrogens is 152 g/mol. The zero-order valence-electron chi connectivity index (χ0n) is 7.21. The number of rotatable bonds is 0. The first-order valence-electron chi connectivity index (χ1n) is 4.70. The molecule has 1 aliphatic heterocycles. The van der Waals surface area contributed by atoms with Gasteiger partial charge in [-0.1, -0.05) is 6.08 Å². The number of hydrogen-bond donors (Lipinski definition) is 0. The molecule has 2 heteroatoms. The first-order valence-corrected chi connectivity index (χ1v) is 4.70. The van der Waals surface area contributed by atoms with Crippen LogP contribution in [0.1, 0.15) is 38.5 Å². The summed E-state index contributed by atoms with van der Waals surface area (Å²) in [6.07, 6.45) is 10.3.